The molecule has 0 saturated carbocycles. The fraction of sp³-hybridized carbons (Fsp3) is 0.857. The van der Waals surface area contributed by atoms with Gasteiger partial charge in [-0.1, -0.05) is 19.9 Å². The molecule has 2 heteroatoms. The average Bonchev–Trinajstić information content (AvgIpc) is 2.31. The van der Waals surface area contributed by atoms with Crippen molar-refractivity contribution >= 4 is 0 Å². The van der Waals surface area contributed by atoms with E-state index in [2.05, 4.69) is 31.8 Å². The van der Waals surface area contributed by atoms with Gasteiger partial charge in [-0.3, -0.25) is 0 Å². The van der Waals surface area contributed by atoms with Gasteiger partial charge in [0.2, 0.25) is 0 Å². The highest BCUT2D eigenvalue weighted by Gasteiger charge is 2.26. The molecule has 1 saturated heterocycles. The summed E-state index contributed by atoms with van der Waals surface area (Å²) in [4.78, 5) is 0. The molecule has 1 aliphatic rings. The zero-order chi connectivity index (χ0) is 11.9. The lowest BCUT2D eigenvalue weighted by Gasteiger charge is -2.32. The minimum absolute atomic E-state index is 0.247. The zero-order valence-corrected chi connectivity index (χ0v) is 10.9. The van der Waals surface area contributed by atoms with E-state index in [1.165, 1.54) is 25.7 Å². The smallest absolute Gasteiger partial charge is 0.0468 e. The van der Waals surface area contributed by atoms with Gasteiger partial charge in [-0.2, -0.15) is 0 Å². The van der Waals surface area contributed by atoms with Gasteiger partial charge in [0.1, 0.15) is 0 Å². The highest BCUT2D eigenvalue weighted by atomic mass is 16.5. The Morgan fingerprint density at radius 1 is 1.44 bits per heavy atom. The SMILES string of the molecule is C=CC(C)(CNCCC)CC1CCOCC1. The Balaban J connectivity index is 2.35. The van der Waals surface area contributed by atoms with Crippen molar-refractivity contribution in [2.24, 2.45) is 11.3 Å². The molecule has 16 heavy (non-hydrogen) atoms. The molecule has 0 spiro atoms. The van der Waals surface area contributed by atoms with Crippen LogP contribution >= 0.6 is 0 Å². The van der Waals surface area contributed by atoms with Gasteiger partial charge in [0.15, 0.2) is 0 Å². The second kappa shape index (κ2) is 7.08. The second-order valence-corrected chi connectivity index (χ2v) is 5.29. The summed E-state index contributed by atoms with van der Waals surface area (Å²) >= 11 is 0. The third-order valence-corrected chi connectivity index (χ3v) is 3.54. The number of ether oxygens (including phenoxy) is 1. The topological polar surface area (TPSA) is 21.3 Å². The summed E-state index contributed by atoms with van der Waals surface area (Å²) in [6, 6.07) is 0. The van der Waals surface area contributed by atoms with E-state index < -0.39 is 0 Å². The molecule has 0 amide bonds. The van der Waals surface area contributed by atoms with Crippen LogP contribution in [0.15, 0.2) is 12.7 Å². The van der Waals surface area contributed by atoms with E-state index in [-0.39, 0.29) is 5.41 Å². The maximum absolute atomic E-state index is 5.40. The largest absolute Gasteiger partial charge is 0.381 e. The first-order chi connectivity index (χ1) is 7.70. The van der Waals surface area contributed by atoms with E-state index in [0.717, 1.165) is 32.2 Å². The van der Waals surface area contributed by atoms with Crippen molar-refractivity contribution in [1.29, 1.82) is 0 Å². The lowest BCUT2D eigenvalue weighted by molar-refractivity contribution is 0.0542. The van der Waals surface area contributed by atoms with Crippen LogP contribution in [0.1, 0.15) is 39.5 Å². The molecule has 0 aliphatic carbocycles. The van der Waals surface area contributed by atoms with Crippen LogP contribution in [0.3, 0.4) is 0 Å². The van der Waals surface area contributed by atoms with Crippen LogP contribution in [0, 0.1) is 11.3 Å². The van der Waals surface area contributed by atoms with Crippen molar-refractivity contribution in [3.63, 3.8) is 0 Å². The fourth-order valence-corrected chi connectivity index (χ4v) is 2.39. The van der Waals surface area contributed by atoms with Crippen molar-refractivity contribution in [2.75, 3.05) is 26.3 Å². The maximum atomic E-state index is 5.40. The molecule has 1 aliphatic heterocycles. The quantitative estimate of drug-likeness (QED) is 0.531. The Morgan fingerprint density at radius 2 is 2.12 bits per heavy atom. The lowest BCUT2D eigenvalue weighted by Crippen LogP contribution is -2.33. The van der Waals surface area contributed by atoms with Gasteiger partial charge in [-0.25, -0.2) is 0 Å². The monoisotopic (exact) mass is 225 g/mol. The minimum atomic E-state index is 0.247. The van der Waals surface area contributed by atoms with Crippen LogP contribution in [0.25, 0.3) is 0 Å². The summed E-state index contributed by atoms with van der Waals surface area (Å²) in [7, 11) is 0. The number of hydrogen-bond donors (Lipinski definition) is 1. The standard InChI is InChI=1S/C14H27NO/c1-4-8-15-12-14(3,5-2)11-13-6-9-16-10-7-13/h5,13,15H,2,4,6-12H2,1,3H3. The molecular weight excluding hydrogens is 198 g/mol. The first-order valence-corrected chi connectivity index (χ1v) is 6.62. The molecule has 0 aromatic rings. The lowest BCUT2D eigenvalue weighted by atomic mass is 9.78. The predicted octanol–water partition coefficient (Wildman–Crippen LogP) is 3.00. The molecule has 1 atom stereocenters. The van der Waals surface area contributed by atoms with Gasteiger partial charge in [0.05, 0.1) is 0 Å². The molecular formula is C14H27NO. The van der Waals surface area contributed by atoms with E-state index in [4.69, 9.17) is 4.74 Å². The van der Waals surface area contributed by atoms with Gasteiger partial charge in [-0.15, -0.1) is 6.58 Å². The van der Waals surface area contributed by atoms with Crippen LogP contribution in [0.4, 0.5) is 0 Å². The summed E-state index contributed by atoms with van der Waals surface area (Å²) in [6.45, 7) is 12.6. The van der Waals surface area contributed by atoms with Gasteiger partial charge >= 0.3 is 0 Å². The summed E-state index contributed by atoms with van der Waals surface area (Å²) in [6.07, 6.45) is 7.01. The van der Waals surface area contributed by atoms with E-state index >= 15 is 0 Å². The molecule has 1 fully saturated rings. The second-order valence-electron chi connectivity index (χ2n) is 5.29. The summed E-state index contributed by atoms with van der Waals surface area (Å²) in [5.74, 6) is 0.820. The van der Waals surface area contributed by atoms with Crippen LogP contribution < -0.4 is 5.32 Å². The highest BCUT2D eigenvalue weighted by molar-refractivity contribution is 4.94. The van der Waals surface area contributed by atoms with Crippen molar-refractivity contribution in [3.8, 4) is 0 Å². The van der Waals surface area contributed by atoms with E-state index in [1.807, 2.05) is 0 Å². The van der Waals surface area contributed by atoms with Crippen LogP contribution in [0.5, 0.6) is 0 Å². The Morgan fingerprint density at radius 3 is 2.69 bits per heavy atom. The van der Waals surface area contributed by atoms with E-state index in [0.29, 0.717) is 0 Å². The van der Waals surface area contributed by atoms with Crippen LogP contribution in [-0.4, -0.2) is 26.3 Å². The first kappa shape index (κ1) is 13.7. The van der Waals surface area contributed by atoms with Crippen molar-refractivity contribution in [3.05, 3.63) is 12.7 Å². The molecule has 1 unspecified atom stereocenters. The predicted molar refractivity (Wildman–Crippen MR) is 69.6 cm³/mol. The molecule has 1 rings (SSSR count). The average molecular weight is 225 g/mol. The van der Waals surface area contributed by atoms with Gasteiger partial charge < -0.3 is 10.1 Å². The minimum Gasteiger partial charge on any atom is -0.381 e. The third-order valence-electron chi connectivity index (χ3n) is 3.54. The number of rotatable bonds is 7. The van der Waals surface area contributed by atoms with Crippen LogP contribution in [0.2, 0.25) is 0 Å². The Bertz CT molecular complexity index is 199. The number of nitrogens with one attached hydrogen (secondary N) is 1. The molecule has 0 radical (unpaired) electrons. The summed E-state index contributed by atoms with van der Waals surface area (Å²) in [5.41, 5.74) is 0.247. The summed E-state index contributed by atoms with van der Waals surface area (Å²) in [5, 5.41) is 3.51. The molecule has 94 valence electrons. The molecule has 0 bridgehead atoms. The van der Waals surface area contributed by atoms with Crippen LogP contribution in [-0.2, 0) is 4.74 Å². The van der Waals surface area contributed by atoms with Gasteiger partial charge in [0.25, 0.3) is 0 Å². The zero-order valence-electron chi connectivity index (χ0n) is 10.9. The van der Waals surface area contributed by atoms with E-state index in [1.54, 1.807) is 0 Å². The molecule has 0 aromatic heterocycles. The normalized spacial score (nSPS) is 21.6. The van der Waals surface area contributed by atoms with E-state index in [9.17, 15) is 0 Å². The maximum Gasteiger partial charge on any atom is 0.0468 e. The fourth-order valence-electron chi connectivity index (χ4n) is 2.39. The molecule has 0 aromatic carbocycles. The Labute approximate surface area is 100 Å². The number of hydrogen-bond acceptors (Lipinski definition) is 2. The molecule has 1 N–H and O–H groups in total. The van der Waals surface area contributed by atoms with Gasteiger partial charge in [0, 0.05) is 19.8 Å². The van der Waals surface area contributed by atoms with Crippen molar-refractivity contribution in [1.82, 2.24) is 5.32 Å². The summed E-state index contributed by atoms with van der Waals surface area (Å²) < 4.78 is 5.40. The third kappa shape index (κ3) is 4.67. The first-order valence-electron chi connectivity index (χ1n) is 6.62. The highest BCUT2D eigenvalue weighted by Crippen LogP contribution is 2.31. The molecule has 2 nitrogen and oxygen atoms in total. The molecule has 1 heterocycles. The Hall–Kier alpha value is -0.340. The van der Waals surface area contributed by atoms with Gasteiger partial charge in [-0.05, 0) is 43.6 Å². The Kier molecular flexibility index (Phi) is 6.07. The van der Waals surface area contributed by atoms with Crippen molar-refractivity contribution in [2.45, 2.75) is 39.5 Å². The van der Waals surface area contributed by atoms with Crippen molar-refractivity contribution < 1.29 is 4.74 Å².